The first-order chi connectivity index (χ1) is 7.04. The van der Waals surface area contributed by atoms with Crippen molar-refractivity contribution in [2.45, 2.75) is 6.18 Å². The minimum Gasteiger partial charge on any atom is -0.479 e. The lowest BCUT2D eigenvalue weighted by atomic mass is 10.2. The van der Waals surface area contributed by atoms with Crippen molar-refractivity contribution in [3.8, 4) is 5.88 Å². The molecule has 2 rings (SSSR count). The summed E-state index contributed by atoms with van der Waals surface area (Å²) >= 11 is 0. The minimum absolute atomic E-state index is 0.0642. The number of hydrogen-bond donors (Lipinski definition) is 1. The number of halogens is 3. The number of rotatable bonds is 1. The molecule has 0 aromatic carbocycles. The third-order valence-corrected chi connectivity index (χ3v) is 2.06. The van der Waals surface area contributed by atoms with Gasteiger partial charge in [-0.25, -0.2) is 4.98 Å². The fourth-order valence-corrected chi connectivity index (χ4v) is 1.41. The average molecular weight is 216 g/mol. The van der Waals surface area contributed by atoms with Gasteiger partial charge in [-0.3, -0.25) is 0 Å². The molecule has 0 saturated carbocycles. The summed E-state index contributed by atoms with van der Waals surface area (Å²) in [5.41, 5.74) is -0.508. The van der Waals surface area contributed by atoms with Crippen molar-refractivity contribution < 1.29 is 17.9 Å². The molecule has 0 unspecified atom stereocenters. The third kappa shape index (κ3) is 1.51. The third-order valence-electron chi connectivity index (χ3n) is 2.06. The molecule has 0 aliphatic rings. The van der Waals surface area contributed by atoms with Gasteiger partial charge in [-0.2, -0.15) is 13.2 Å². The number of nitrogens with zero attached hydrogens (tertiary/aromatic N) is 1. The summed E-state index contributed by atoms with van der Waals surface area (Å²) in [7, 11) is 1.36. The number of pyridine rings is 1. The Balaban J connectivity index is 2.74. The van der Waals surface area contributed by atoms with E-state index in [4.69, 9.17) is 4.74 Å². The Morgan fingerprint density at radius 2 is 2.13 bits per heavy atom. The highest BCUT2D eigenvalue weighted by Gasteiger charge is 2.33. The van der Waals surface area contributed by atoms with Crippen LogP contribution in [0.25, 0.3) is 10.9 Å². The quantitative estimate of drug-likeness (QED) is 0.795. The first-order valence-electron chi connectivity index (χ1n) is 4.11. The topological polar surface area (TPSA) is 37.9 Å². The first-order valence-corrected chi connectivity index (χ1v) is 4.11. The van der Waals surface area contributed by atoms with Crippen LogP contribution in [0.15, 0.2) is 18.5 Å². The molecule has 2 aromatic heterocycles. The maximum Gasteiger partial charge on any atom is 0.418 e. The number of hydrogen-bond acceptors (Lipinski definition) is 2. The Morgan fingerprint density at radius 1 is 1.40 bits per heavy atom. The van der Waals surface area contributed by atoms with E-state index < -0.39 is 11.7 Å². The molecule has 0 radical (unpaired) electrons. The summed E-state index contributed by atoms with van der Waals surface area (Å²) in [6, 6.07) is 1.35. The monoisotopic (exact) mass is 216 g/mol. The molecule has 0 spiro atoms. The van der Waals surface area contributed by atoms with Gasteiger partial charge in [0.15, 0.2) is 0 Å². The number of aromatic amines is 1. The molecule has 3 nitrogen and oxygen atoms in total. The second kappa shape index (κ2) is 3.15. The number of H-pyrrole nitrogens is 1. The van der Waals surface area contributed by atoms with Gasteiger partial charge in [-0.1, -0.05) is 0 Å². The van der Waals surface area contributed by atoms with Gasteiger partial charge >= 0.3 is 6.18 Å². The highest BCUT2D eigenvalue weighted by molar-refractivity contribution is 5.87. The van der Waals surface area contributed by atoms with Crippen molar-refractivity contribution >= 4 is 10.9 Å². The van der Waals surface area contributed by atoms with Crippen LogP contribution in [-0.4, -0.2) is 17.1 Å². The van der Waals surface area contributed by atoms with E-state index in [9.17, 15) is 13.2 Å². The van der Waals surface area contributed by atoms with Crippen LogP contribution < -0.4 is 4.74 Å². The lowest BCUT2D eigenvalue weighted by Gasteiger charge is -2.08. The fourth-order valence-electron chi connectivity index (χ4n) is 1.41. The van der Waals surface area contributed by atoms with E-state index in [-0.39, 0.29) is 16.8 Å². The van der Waals surface area contributed by atoms with Crippen LogP contribution in [0, 0.1) is 0 Å². The Hall–Kier alpha value is -1.72. The lowest BCUT2D eigenvalue weighted by molar-refractivity contribution is -0.136. The number of aromatic nitrogens is 2. The van der Waals surface area contributed by atoms with E-state index in [0.717, 1.165) is 6.20 Å². The Kier molecular flexibility index (Phi) is 2.06. The Bertz CT molecular complexity index is 490. The number of methoxy groups -OCH3 is 1. The highest BCUT2D eigenvalue weighted by Crippen LogP contribution is 2.36. The zero-order valence-electron chi connectivity index (χ0n) is 7.72. The van der Waals surface area contributed by atoms with Crippen LogP contribution in [0.4, 0.5) is 13.2 Å². The van der Waals surface area contributed by atoms with Crippen LogP contribution in [0.5, 0.6) is 5.88 Å². The zero-order chi connectivity index (χ0) is 11.1. The maximum atomic E-state index is 12.5. The van der Waals surface area contributed by atoms with Crippen LogP contribution in [0.3, 0.4) is 0 Å². The number of fused-ring (bicyclic) bond motifs is 1. The van der Waals surface area contributed by atoms with Crippen LogP contribution in [0.1, 0.15) is 5.56 Å². The highest BCUT2D eigenvalue weighted by atomic mass is 19.4. The van der Waals surface area contributed by atoms with Gasteiger partial charge in [-0.15, -0.1) is 0 Å². The molecule has 0 amide bonds. The van der Waals surface area contributed by atoms with Crippen molar-refractivity contribution in [3.05, 3.63) is 24.0 Å². The van der Waals surface area contributed by atoms with E-state index in [1.165, 1.54) is 19.4 Å². The van der Waals surface area contributed by atoms with Crippen molar-refractivity contribution in [2.75, 3.05) is 7.11 Å². The van der Waals surface area contributed by atoms with Crippen LogP contribution in [0.2, 0.25) is 0 Å². The standard InChI is InChI=1S/C9H7F3N2O/c1-15-8-7-5(2-3-13-7)6(4-14-8)9(10,11)12/h2-4,13H,1H3. The van der Waals surface area contributed by atoms with Gasteiger partial charge in [0.25, 0.3) is 0 Å². The molecule has 2 aromatic rings. The molecule has 15 heavy (non-hydrogen) atoms. The molecule has 0 atom stereocenters. The predicted octanol–water partition coefficient (Wildman–Crippen LogP) is 2.59. The van der Waals surface area contributed by atoms with Gasteiger partial charge in [0.1, 0.15) is 5.52 Å². The SMILES string of the molecule is COc1ncc(C(F)(F)F)c2cc[nH]c12. The molecule has 0 fully saturated rings. The van der Waals surface area contributed by atoms with E-state index >= 15 is 0 Å². The molecule has 6 heteroatoms. The van der Waals surface area contributed by atoms with Gasteiger partial charge in [0.2, 0.25) is 5.88 Å². The van der Waals surface area contributed by atoms with Crippen molar-refractivity contribution in [3.63, 3.8) is 0 Å². The molecule has 80 valence electrons. The van der Waals surface area contributed by atoms with E-state index in [1.807, 2.05) is 0 Å². The van der Waals surface area contributed by atoms with Crippen LogP contribution in [-0.2, 0) is 6.18 Å². The summed E-state index contributed by atoms with van der Waals surface area (Å²) in [6.07, 6.45) is -2.21. The number of nitrogens with one attached hydrogen (secondary N) is 1. The predicted molar refractivity (Wildman–Crippen MR) is 47.6 cm³/mol. The van der Waals surface area contributed by atoms with E-state index in [1.54, 1.807) is 0 Å². The zero-order valence-corrected chi connectivity index (χ0v) is 7.72. The summed E-state index contributed by atoms with van der Waals surface area (Å²) in [6.45, 7) is 0. The molecule has 0 aliphatic carbocycles. The van der Waals surface area contributed by atoms with E-state index in [0.29, 0.717) is 0 Å². The summed E-state index contributed by atoms with van der Waals surface area (Å²) < 4.78 is 42.5. The molecule has 0 aliphatic heterocycles. The van der Waals surface area contributed by atoms with Gasteiger partial charge in [0, 0.05) is 17.8 Å². The Morgan fingerprint density at radius 3 is 2.73 bits per heavy atom. The molecular weight excluding hydrogens is 209 g/mol. The molecular formula is C9H7F3N2O. The molecule has 1 N–H and O–H groups in total. The van der Waals surface area contributed by atoms with Crippen molar-refractivity contribution in [1.82, 2.24) is 9.97 Å². The van der Waals surface area contributed by atoms with Gasteiger partial charge in [-0.05, 0) is 6.07 Å². The van der Waals surface area contributed by atoms with Gasteiger partial charge < -0.3 is 9.72 Å². The Labute approximate surface area is 82.9 Å². The first kappa shape index (κ1) is 9.82. The van der Waals surface area contributed by atoms with Crippen molar-refractivity contribution in [1.29, 1.82) is 0 Å². The lowest BCUT2D eigenvalue weighted by Crippen LogP contribution is -2.06. The minimum atomic E-state index is -4.40. The number of alkyl halides is 3. The average Bonchev–Trinajstić information content (AvgIpc) is 2.62. The maximum absolute atomic E-state index is 12.5. The summed E-state index contributed by atoms with van der Waals surface area (Å²) in [4.78, 5) is 6.25. The molecule has 2 heterocycles. The summed E-state index contributed by atoms with van der Waals surface area (Å²) in [5, 5.41) is 0.0642. The number of ether oxygens (including phenoxy) is 1. The van der Waals surface area contributed by atoms with Crippen LogP contribution >= 0.6 is 0 Å². The molecule has 0 bridgehead atoms. The smallest absolute Gasteiger partial charge is 0.418 e. The van der Waals surface area contributed by atoms with Gasteiger partial charge in [0.05, 0.1) is 12.7 Å². The summed E-state index contributed by atoms with van der Waals surface area (Å²) in [5.74, 6) is 0.156. The normalized spacial score (nSPS) is 12.0. The molecule has 0 saturated heterocycles. The second-order valence-electron chi connectivity index (χ2n) is 2.95. The van der Waals surface area contributed by atoms with E-state index in [2.05, 4.69) is 9.97 Å². The van der Waals surface area contributed by atoms with Crippen molar-refractivity contribution in [2.24, 2.45) is 0 Å². The second-order valence-corrected chi connectivity index (χ2v) is 2.95. The fraction of sp³-hybridized carbons (Fsp3) is 0.222. The largest absolute Gasteiger partial charge is 0.479 e.